The number of urea groups is 1. The van der Waals surface area contributed by atoms with Gasteiger partial charge in [-0.1, -0.05) is 19.6 Å². The van der Waals surface area contributed by atoms with Gasteiger partial charge in [-0.3, -0.25) is 4.55 Å². The summed E-state index contributed by atoms with van der Waals surface area (Å²) in [6, 6.07) is -1.05. The van der Waals surface area contributed by atoms with Crippen molar-refractivity contribution in [3.05, 3.63) is 28.2 Å². The van der Waals surface area contributed by atoms with Crippen LogP contribution in [0.3, 0.4) is 0 Å². The lowest BCUT2D eigenvalue weighted by Crippen LogP contribution is -2.36. The van der Waals surface area contributed by atoms with Crippen LogP contribution in [-0.4, -0.2) is 69.9 Å². The molecular formula is C15H22N6O6S2Si. The van der Waals surface area contributed by atoms with Crippen molar-refractivity contribution in [2.24, 2.45) is 0 Å². The predicted molar refractivity (Wildman–Crippen MR) is 107 cm³/mol. The molecule has 2 aromatic heterocycles. The summed E-state index contributed by atoms with van der Waals surface area (Å²) < 4.78 is 43.2. The maximum absolute atomic E-state index is 12.8. The van der Waals surface area contributed by atoms with Gasteiger partial charge < -0.3 is 9.64 Å². The van der Waals surface area contributed by atoms with E-state index in [2.05, 4.69) is 39.0 Å². The number of hydrogen-bond donors (Lipinski definition) is 1. The summed E-state index contributed by atoms with van der Waals surface area (Å²) in [6.45, 7) is 7.85. The fraction of sp³-hybridized carbons (Fsp3) is 0.600. The number of hydrogen-bond acceptors (Lipinski definition) is 9. The summed E-state index contributed by atoms with van der Waals surface area (Å²) in [7, 11) is -6.04. The average molecular weight is 475 g/mol. The second-order valence-corrected chi connectivity index (χ2v) is 15.8. The van der Waals surface area contributed by atoms with Gasteiger partial charge in [-0.25, -0.2) is 19.4 Å². The molecule has 30 heavy (non-hydrogen) atoms. The molecule has 4 rings (SSSR count). The van der Waals surface area contributed by atoms with E-state index in [4.69, 9.17) is 9.29 Å². The smallest absolute Gasteiger partial charge is 0.359 e. The van der Waals surface area contributed by atoms with Crippen LogP contribution in [0.4, 0.5) is 4.79 Å². The zero-order valence-corrected chi connectivity index (χ0v) is 19.3. The number of aromatic nitrogens is 4. The molecular weight excluding hydrogens is 452 g/mol. The first kappa shape index (κ1) is 21.3. The van der Waals surface area contributed by atoms with Gasteiger partial charge in [0.05, 0.1) is 22.6 Å². The normalized spacial score (nSPS) is 21.4. The molecule has 1 saturated heterocycles. The quantitative estimate of drug-likeness (QED) is 0.343. The Morgan fingerprint density at radius 2 is 2.10 bits per heavy atom. The first-order valence-corrected chi connectivity index (χ1v) is 15.2. The number of amides is 2. The lowest BCUT2D eigenvalue weighted by atomic mass is 10.0. The third kappa shape index (κ3) is 4.26. The van der Waals surface area contributed by atoms with Gasteiger partial charge in [0.15, 0.2) is 5.82 Å². The van der Waals surface area contributed by atoms with Crippen LogP contribution in [0, 0.1) is 0 Å². The molecule has 2 bridgehead atoms. The minimum Gasteiger partial charge on any atom is -0.359 e. The molecule has 0 aromatic carbocycles. The van der Waals surface area contributed by atoms with Crippen molar-refractivity contribution in [2.75, 3.05) is 13.2 Å². The third-order valence-corrected chi connectivity index (χ3v) is 7.78. The minimum absolute atomic E-state index is 0.162. The van der Waals surface area contributed by atoms with Gasteiger partial charge in [0, 0.05) is 14.7 Å². The van der Waals surface area contributed by atoms with Crippen LogP contribution in [0.15, 0.2) is 11.8 Å². The van der Waals surface area contributed by atoms with E-state index in [1.165, 1.54) is 22.6 Å². The molecule has 12 nitrogen and oxygen atoms in total. The molecule has 0 aliphatic carbocycles. The van der Waals surface area contributed by atoms with Crippen molar-refractivity contribution in [2.45, 2.75) is 44.5 Å². The van der Waals surface area contributed by atoms with Crippen LogP contribution in [0.5, 0.6) is 0 Å². The van der Waals surface area contributed by atoms with Gasteiger partial charge in [-0.15, -0.1) is 15.6 Å². The Labute approximate surface area is 178 Å². The molecule has 0 saturated carbocycles. The molecule has 15 heteroatoms. The highest BCUT2D eigenvalue weighted by molar-refractivity contribution is 7.80. The molecule has 2 aromatic rings. The number of hydroxylamine groups is 2. The summed E-state index contributed by atoms with van der Waals surface area (Å²) >= 11 is 1.27. The second kappa shape index (κ2) is 7.65. The highest BCUT2D eigenvalue weighted by Crippen LogP contribution is 2.46. The van der Waals surface area contributed by atoms with Gasteiger partial charge in [-0.05, 0) is 6.04 Å². The molecule has 2 aliphatic rings. The molecule has 2 aliphatic heterocycles. The SMILES string of the molecule is C[Si](C)(C)CCOCn1cnc([C@@H]2c3ncsc3[C@H]3CN2C(=O)N3OS(=O)(=O)O)n1. The van der Waals surface area contributed by atoms with Crippen LogP contribution in [0.1, 0.15) is 28.5 Å². The molecule has 0 spiro atoms. The van der Waals surface area contributed by atoms with Crippen LogP contribution >= 0.6 is 11.3 Å². The highest BCUT2D eigenvalue weighted by atomic mass is 32.3. The number of nitrogens with zero attached hydrogens (tertiary/aromatic N) is 6. The van der Waals surface area contributed by atoms with E-state index >= 15 is 0 Å². The highest BCUT2D eigenvalue weighted by Gasteiger charge is 2.53. The lowest BCUT2D eigenvalue weighted by Gasteiger charge is -2.27. The first-order valence-electron chi connectivity index (χ1n) is 9.21. The molecule has 164 valence electrons. The van der Waals surface area contributed by atoms with E-state index < -0.39 is 36.6 Å². The number of carbonyl (C=O) groups is 1. The maximum Gasteiger partial charge on any atom is 0.418 e. The number of fused-ring (bicyclic) bond motifs is 4. The molecule has 1 N–H and O–H groups in total. The second-order valence-electron chi connectivity index (χ2n) is 8.27. The summed E-state index contributed by atoms with van der Waals surface area (Å²) in [6.07, 6.45) is 1.52. The van der Waals surface area contributed by atoms with Gasteiger partial charge in [0.2, 0.25) is 0 Å². The van der Waals surface area contributed by atoms with Crippen molar-refractivity contribution in [3.8, 4) is 0 Å². The Kier molecular flexibility index (Phi) is 5.44. The van der Waals surface area contributed by atoms with E-state index in [9.17, 15) is 13.2 Å². The Morgan fingerprint density at radius 1 is 1.33 bits per heavy atom. The van der Waals surface area contributed by atoms with Crippen molar-refractivity contribution in [1.29, 1.82) is 0 Å². The molecule has 1 fully saturated rings. The fourth-order valence-corrected chi connectivity index (χ4v) is 5.37. The van der Waals surface area contributed by atoms with E-state index in [1.54, 1.807) is 10.2 Å². The number of rotatable bonds is 8. The van der Waals surface area contributed by atoms with E-state index in [0.717, 1.165) is 6.04 Å². The topological polar surface area (TPSA) is 140 Å². The standard InChI is InChI=1S/C15H22N6O6S2Si/c1-30(2,3)5-4-26-9-19-7-16-14(18-19)12-11-13(28-8-17-11)10-6-20(12)15(22)21(10)27-29(23,24)25/h7-8,10,12H,4-6,9H2,1-3H3,(H,23,24,25)/t10-,12+/m1/s1. The maximum atomic E-state index is 12.8. The van der Waals surface area contributed by atoms with Gasteiger partial charge >= 0.3 is 16.4 Å². The molecule has 0 unspecified atom stereocenters. The number of thiazole rings is 1. The van der Waals surface area contributed by atoms with Crippen molar-refractivity contribution >= 4 is 35.8 Å². The Morgan fingerprint density at radius 3 is 2.80 bits per heavy atom. The summed E-state index contributed by atoms with van der Waals surface area (Å²) in [5, 5.41) is 5.09. The molecule has 2 atom stereocenters. The van der Waals surface area contributed by atoms with E-state index in [0.29, 0.717) is 28.1 Å². The summed E-state index contributed by atoms with van der Waals surface area (Å²) in [5.74, 6) is 0.344. The Hall–Kier alpha value is -1.91. The zero-order valence-electron chi connectivity index (χ0n) is 16.6. The minimum atomic E-state index is -4.85. The summed E-state index contributed by atoms with van der Waals surface area (Å²) in [4.78, 5) is 23.5. The summed E-state index contributed by atoms with van der Waals surface area (Å²) in [5.41, 5.74) is 2.16. The van der Waals surface area contributed by atoms with Crippen LogP contribution in [0.25, 0.3) is 0 Å². The number of carbonyl (C=O) groups excluding carboxylic acids is 1. The van der Waals surface area contributed by atoms with Crippen LogP contribution in [0.2, 0.25) is 25.7 Å². The largest absolute Gasteiger partial charge is 0.418 e. The van der Waals surface area contributed by atoms with Crippen molar-refractivity contribution in [3.63, 3.8) is 0 Å². The predicted octanol–water partition coefficient (Wildman–Crippen LogP) is 1.66. The zero-order chi connectivity index (χ0) is 21.7. The Bertz CT molecular complexity index is 1050. The fourth-order valence-electron chi connectivity index (χ4n) is 3.35. The third-order valence-electron chi connectivity index (χ3n) is 4.78. The van der Waals surface area contributed by atoms with Gasteiger partial charge in [0.1, 0.15) is 25.1 Å². The average Bonchev–Trinajstić information content (AvgIpc) is 3.34. The van der Waals surface area contributed by atoms with E-state index in [-0.39, 0.29) is 13.3 Å². The number of ether oxygens (including phenoxy) is 1. The van der Waals surface area contributed by atoms with E-state index in [1.807, 2.05) is 0 Å². The van der Waals surface area contributed by atoms with Gasteiger partial charge in [-0.2, -0.15) is 18.6 Å². The molecule has 0 radical (unpaired) electrons. The first-order chi connectivity index (χ1) is 14.0. The van der Waals surface area contributed by atoms with Crippen molar-refractivity contribution < 1.29 is 26.8 Å². The monoisotopic (exact) mass is 474 g/mol. The van der Waals surface area contributed by atoms with Gasteiger partial charge in [0.25, 0.3) is 0 Å². The molecule has 2 amide bonds. The van der Waals surface area contributed by atoms with Crippen molar-refractivity contribution in [1.82, 2.24) is 29.7 Å². The lowest BCUT2D eigenvalue weighted by molar-refractivity contribution is -0.0308. The Balaban J connectivity index is 1.54. The van der Waals surface area contributed by atoms with Crippen LogP contribution in [-0.2, 0) is 26.2 Å². The molecule has 4 heterocycles. The van der Waals surface area contributed by atoms with Crippen LogP contribution < -0.4 is 0 Å².